The zero-order chi connectivity index (χ0) is 20.1. The molecule has 0 bridgehead atoms. The van der Waals surface area contributed by atoms with Gasteiger partial charge < -0.3 is 15.5 Å². The van der Waals surface area contributed by atoms with E-state index in [0.717, 1.165) is 15.2 Å². The van der Waals surface area contributed by atoms with Crippen LogP contribution in [-0.2, 0) is 9.59 Å². The molecule has 2 heterocycles. The van der Waals surface area contributed by atoms with Crippen molar-refractivity contribution >= 4 is 50.6 Å². The van der Waals surface area contributed by atoms with Crippen LogP contribution < -0.4 is 10.6 Å². The lowest BCUT2D eigenvalue weighted by Crippen LogP contribution is -2.43. The number of carbonyl (C=O) groups is 3. The third-order valence-corrected chi connectivity index (χ3v) is 6.31. The lowest BCUT2D eigenvalue weighted by atomic mass is 10.3. The zero-order valence-electron chi connectivity index (χ0n) is 15.5. The number of rotatable bonds is 7. The fourth-order valence-electron chi connectivity index (χ4n) is 2.47. The number of hydrogen-bond donors (Lipinski definition) is 2. The molecule has 3 rings (SSSR count). The lowest BCUT2D eigenvalue weighted by Gasteiger charge is -2.23. The Bertz CT molecular complexity index is 951. The number of likely N-dealkylation sites (N-methyl/N-ethyl adjacent to an activating group) is 1. The van der Waals surface area contributed by atoms with Gasteiger partial charge in [0.1, 0.15) is 5.01 Å². The van der Waals surface area contributed by atoms with E-state index in [-0.39, 0.29) is 30.9 Å². The van der Waals surface area contributed by atoms with Crippen LogP contribution in [0.25, 0.3) is 10.2 Å². The molecule has 9 heteroatoms. The lowest BCUT2D eigenvalue weighted by molar-refractivity contribution is -0.133. The topological polar surface area (TPSA) is 91.4 Å². The third-order valence-electron chi connectivity index (χ3n) is 4.23. The minimum Gasteiger partial charge on any atom is -0.345 e. The van der Waals surface area contributed by atoms with Crippen LogP contribution in [0, 0.1) is 0 Å². The molecule has 0 saturated heterocycles. The van der Waals surface area contributed by atoms with Gasteiger partial charge in [-0.1, -0.05) is 18.2 Å². The van der Waals surface area contributed by atoms with Gasteiger partial charge in [0, 0.05) is 7.05 Å². The summed E-state index contributed by atoms with van der Waals surface area (Å²) < 4.78 is 1.07. The second-order valence-corrected chi connectivity index (χ2v) is 8.15. The standard InChI is InChI=1S/C19H20N4O3S2/c1-12(19-22-13-6-3-4-7-14(13)28-19)23(2)17(25)11-20-16(24)10-21-18(26)15-8-5-9-27-15/h3-9,12H,10-11H2,1-2H3,(H,20,24)(H,21,26)/t12-/m1/s1. The second-order valence-electron chi connectivity index (χ2n) is 6.14. The largest absolute Gasteiger partial charge is 0.345 e. The van der Waals surface area contributed by atoms with E-state index >= 15 is 0 Å². The Hall–Kier alpha value is -2.78. The smallest absolute Gasteiger partial charge is 0.261 e. The number of fused-ring (bicyclic) bond motifs is 1. The van der Waals surface area contributed by atoms with Crippen molar-refractivity contribution in [3.05, 3.63) is 51.7 Å². The Morgan fingerprint density at radius 2 is 1.89 bits per heavy atom. The minimum atomic E-state index is -0.417. The van der Waals surface area contributed by atoms with Crippen LogP contribution in [-0.4, -0.2) is 47.7 Å². The van der Waals surface area contributed by atoms with E-state index in [0.29, 0.717) is 4.88 Å². The van der Waals surface area contributed by atoms with Crippen molar-refractivity contribution in [1.82, 2.24) is 20.5 Å². The van der Waals surface area contributed by atoms with Gasteiger partial charge in [0.2, 0.25) is 11.8 Å². The van der Waals surface area contributed by atoms with Crippen LogP contribution in [0.4, 0.5) is 0 Å². The van der Waals surface area contributed by atoms with Gasteiger partial charge in [0.05, 0.1) is 34.2 Å². The summed E-state index contributed by atoms with van der Waals surface area (Å²) in [6.07, 6.45) is 0. The van der Waals surface area contributed by atoms with Crippen LogP contribution >= 0.6 is 22.7 Å². The second kappa shape index (κ2) is 8.94. The van der Waals surface area contributed by atoms with Gasteiger partial charge in [-0.15, -0.1) is 22.7 Å². The van der Waals surface area contributed by atoms with Crippen LogP contribution in [0.5, 0.6) is 0 Å². The van der Waals surface area contributed by atoms with E-state index in [1.165, 1.54) is 11.3 Å². The van der Waals surface area contributed by atoms with Crippen molar-refractivity contribution in [2.75, 3.05) is 20.1 Å². The molecule has 1 atom stereocenters. The molecule has 146 valence electrons. The fraction of sp³-hybridized carbons (Fsp3) is 0.263. The summed E-state index contributed by atoms with van der Waals surface area (Å²) in [7, 11) is 1.68. The summed E-state index contributed by atoms with van der Waals surface area (Å²) in [5.74, 6) is -0.956. The molecule has 0 unspecified atom stereocenters. The summed E-state index contributed by atoms with van der Waals surface area (Å²) in [6.45, 7) is 1.58. The quantitative estimate of drug-likeness (QED) is 0.619. The summed E-state index contributed by atoms with van der Waals surface area (Å²) in [5.41, 5.74) is 0.907. The number of para-hydroxylation sites is 1. The number of nitrogens with zero attached hydrogens (tertiary/aromatic N) is 2. The first-order valence-electron chi connectivity index (χ1n) is 8.65. The first kappa shape index (κ1) is 20.0. The minimum absolute atomic E-state index is 0.139. The number of amides is 3. The maximum absolute atomic E-state index is 12.4. The van der Waals surface area contributed by atoms with E-state index in [1.807, 2.05) is 31.2 Å². The molecule has 2 aromatic heterocycles. The molecular weight excluding hydrogens is 396 g/mol. The average Bonchev–Trinajstić information content (AvgIpc) is 3.38. The SMILES string of the molecule is C[C@H](c1nc2ccccc2s1)N(C)C(=O)CNC(=O)CNC(=O)c1cccs1. The predicted octanol–water partition coefficient (Wildman–Crippen LogP) is 2.42. The highest BCUT2D eigenvalue weighted by Crippen LogP contribution is 2.28. The molecule has 0 saturated carbocycles. The number of nitrogens with one attached hydrogen (secondary N) is 2. The Kier molecular flexibility index (Phi) is 6.37. The molecule has 0 aliphatic rings. The van der Waals surface area contributed by atoms with Gasteiger partial charge >= 0.3 is 0 Å². The highest BCUT2D eigenvalue weighted by Gasteiger charge is 2.21. The molecule has 3 aromatic rings. The van der Waals surface area contributed by atoms with Crippen molar-refractivity contribution in [3.63, 3.8) is 0 Å². The van der Waals surface area contributed by atoms with Gasteiger partial charge in [-0.25, -0.2) is 4.98 Å². The predicted molar refractivity (Wildman–Crippen MR) is 110 cm³/mol. The average molecular weight is 417 g/mol. The molecule has 0 spiro atoms. The van der Waals surface area contributed by atoms with Crippen LogP contribution in [0.15, 0.2) is 41.8 Å². The van der Waals surface area contributed by atoms with Crippen LogP contribution in [0.3, 0.4) is 0 Å². The monoisotopic (exact) mass is 416 g/mol. The highest BCUT2D eigenvalue weighted by atomic mass is 32.1. The van der Waals surface area contributed by atoms with Crippen LogP contribution in [0.2, 0.25) is 0 Å². The molecule has 2 N–H and O–H groups in total. The van der Waals surface area contributed by atoms with Gasteiger partial charge in [-0.2, -0.15) is 0 Å². The number of thiazole rings is 1. The molecule has 0 aliphatic carbocycles. The maximum atomic E-state index is 12.4. The number of thiophene rings is 1. The van der Waals surface area contributed by atoms with Gasteiger partial charge in [-0.05, 0) is 30.5 Å². The van der Waals surface area contributed by atoms with E-state index in [4.69, 9.17) is 0 Å². The van der Waals surface area contributed by atoms with Crippen LogP contribution in [0.1, 0.15) is 27.6 Å². The van der Waals surface area contributed by atoms with Crippen molar-refractivity contribution < 1.29 is 14.4 Å². The Morgan fingerprint density at radius 1 is 1.11 bits per heavy atom. The normalized spacial score (nSPS) is 11.8. The Labute approximate surface area is 170 Å². The molecule has 0 fully saturated rings. The van der Waals surface area contributed by atoms with Gasteiger partial charge in [-0.3, -0.25) is 14.4 Å². The molecule has 1 aromatic carbocycles. The Morgan fingerprint density at radius 3 is 2.61 bits per heavy atom. The van der Waals surface area contributed by atoms with E-state index in [2.05, 4.69) is 15.6 Å². The maximum Gasteiger partial charge on any atom is 0.261 e. The van der Waals surface area contributed by atoms with Gasteiger partial charge in [0.25, 0.3) is 5.91 Å². The summed E-state index contributed by atoms with van der Waals surface area (Å²) >= 11 is 2.84. The first-order chi connectivity index (χ1) is 13.5. The Balaban J connectivity index is 1.48. The van der Waals surface area contributed by atoms with Gasteiger partial charge in [0.15, 0.2) is 0 Å². The molecule has 28 heavy (non-hydrogen) atoms. The molecule has 0 radical (unpaired) electrons. The third kappa shape index (κ3) is 4.73. The van der Waals surface area contributed by atoms with E-state index in [9.17, 15) is 14.4 Å². The summed E-state index contributed by atoms with van der Waals surface area (Å²) in [4.78, 5) is 42.8. The highest BCUT2D eigenvalue weighted by molar-refractivity contribution is 7.18. The number of carbonyl (C=O) groups excluding carboxylic acids is 3. The zero-order valence-corrected chi connectivity index (χ0v) is 17.1. The van der Waals surface area contributed by atoms with E-state index < -0.39 is 5.91 Å². The fourth-order valence-corrected chi connectivity index (χ4v) is 4.17. The molecular formula is C19H20N4O3S2. The molecule has 7 nitrogen and oxygen atoms in total. The van der Waals surface area contributed by atoms with Crippen molar-refractivity contribution in [2.45, 2.75) is 13.0 Å². The summed E-state index contributed by atoms with van der Waals surface area (Å²) in [5, 5.41) is 7.69. The molecule has 3 amide bonds. The number of benzene rings is 1. The van der Waals surface area contributed by atoms with Crippen molar-refractivity contribution in [3.8, 4) is 0 Å². The van der Waals surface area contributed by atoms with Crippen molar-refractivity contribution in [2.24, 2.45) is 0 Å². The number of aromatic nitrogens is 1. The molecule has 0 aliphatic heterocycles. The first-order valence-corrected chi connectivity index (χ1v) is 10.3. The van der Waals surface area contributed by atoms with E-state index in [1.54, 1.807) is 40.8 Å². The van der Waals surface area contributed by atoms with Crippen molar-refractivity contribution in [1.29, 1.82) is 0 Å². The summed E-state index contributed by atoms with van der Waals surface area (Å²) in [6, 6.07) is 11.1. The number of hydrogen-bond acceptors (Lipinski definition) is 6.